The minimum Gasteiger partial charge on any atom is -0.481 e. The zero-order chi connectivity index (χ0) is 10.7. The van der Waals surface area contributed by atoms with Gasteiger partial charge in [-0.05, 0) is 38.8 Å². The molecule has 0 aromatic rings. The highest BCUT2D eigenvalue weighted by molar-refractivity contribution is 5.70. The van der Waals surface area contributed by atoms with Crippen molar-refractivity contribution in [2.75, 3.05) is 13.6 Å². The summed E-state index contributed by atoms with van der Waals surface area (Å²) < 4.78 is 0. The van der Waals surface area contributed by atoms with Gasteiger partial charge in [0, 0.05) is 6.04 Å². The normalized spacial score (nSPS) is 29.4. The van der Waals surface area contributed by atoms with Crippen LogP contribution in [0.25, 0.3) is 0 Å². The van der Waals surface area contributed by atoms with Gasteiger partial charge in [0.15, 0.2) is 0 Å². The lowest BCUT2D eigenvalue weighted by Crippen LogP contribution is -2.42. The van der Waals surface area contributed by atoms with Crippen LogP contribution in [0.4, 0.5) is 0 Å². The molecule has 1 N–H and O–H groups in total. The lowest BCUT2D eigenvalue weighted by molar-refractivity contribution is -0.144. The van der Waals surface area contributed by atoms with Gasteiger partial charge in [-0.1, -0.05) is 13.8 Å². The Kier molecular flexibility index (Phi) is 3.93. The van der Waals surface area contributed by atoms with Gasteiger partial charge in [0.25, 0.3) is 0 Å². The van der Waals surface area contributed by atoms with Crippen molar-refractivity contribution in [3.8, 4) is 0 Å². The lowest BCUT2D eigenvalue weighted by atomic mass is 9.87. The Morgan fingerprint density at radius 3 is 2.71 bits per heavy atom. The van der Waals surface area contributed by atoms with Crippen molar-refractivity contribution < 1.29 is 9.90 Å². The van der Waals surface area contributed by atoms with Crippen LogP contribution >= 0.6 is 0 Å². The molecular formula is C11H21NO2. The summed E-state index contributed by atoms with van der Waals surface area (Å²) in [4.78, 5) is 13.2. The van der Waals surface area contributed by atoms with Crippen LogP contribution in [0.1, 0.15) is 33.1 Å². The van der Waals surface area contributed by atoms with Gasteiger partial charge in [-0.3, -0.25) is 4.79 Å². The number of carboxylic acid groups (broad SMARTS) is 1. The molecule has 3 heteroatoms. The SMILES string of the molecule is CC(C)CC1CC(C(=O)O)CCN1C. The maximum absolute atomic E-state index is 10.9. The third kappa shape index (κ3) is 2.98. The molecular weight excluding hydrogens is 178 g/mol. The number of carboxylic acids is 1. The second-order valence-electron chi connectivity index (χ2n) is 4.82. The van der Waals surface area contributed by atoms with Crippen molar-refractivity contribution in [1.82, 2.24) is 4.90 Å². The number of carbonyl (C=O) groups is 1. The molecule has 0 saturated carbocycles. The summed E-state index contributed by atoms with van der Waals surface area (Å²) in [5.74, 6) is -0.0863. The molecule has 0 amide bonds. The Morgan fingerprint density at radius 2 is 2.21 bits per heavy atom. The van der Waals surface area contributed by atoms with Gasteiger partial charge in [0.2, 0.25) is 0 Å². The molecule has 1 heterocycles. The fourth-order valence-electron chi connectivity index (χ4n) is 2.21. The van der Waals surface area contributed by atoms with E-state index in [0.717, 1.165) is 25.8 Å². The van der Waals surface area contributed by atoms with Crippen LogP contribution in [0.15, 0.2) is 0 Å². The third-order valence-corrected chi connectivity index (χ3v) is 3.10. The van der Waals surface area contributed by atoms with Crippen LogP contribution in [-0.2, 0) is 4.79 Å². The number of piperidine rings is 1. The monoisotopic (exact) mass is 199 g/mol. The Bertz CT molecular complexity index is 203. The molecule has 2 unspecified atom stereocenters. The van der Waals surface area contributed by atoms with Crippen molar-refractivity contribution in [3.63, 3.8) is 0 Å². The van der Waals surface area contributed by atoms with Crippen LogP contribution in [0, 0.1) is 11.8 Å². The van der Waals surface area contributed by atoms with Gasteiger partial charge in [-0.25, -0.2) is 0 Å². The molecule has 0 spiro atoms. The van der Waals surface area contributed by atoms with Gasteiger partial charge in [-0.2, -0.15) is 0 Å². The standard InChI is InChI=1S/C11H21NO2/c1-8(2)6-10-7-9(11(13)14)4-5-12(10)3/h8-10H,4-7H2,1-3H3,(H,13,14). The van der Waals surface area contributed by atoms with Gasteiger partial charge < -0.3 is 10.0 Å². The number of rotatable bonds is 3. The Morgan fingerprint density at radius 1 is 1.57 bits per heavy atom. The number of hydrogen-bond acceptors (Lipinski definition) is 2. The topological polar surface area (TPSA) is 40.5 Å². The van der Waals surface area contributed by atoms with Crippen molar-refractivity contribution >= 4 is 5.97 Å². The molecule has 82 valence electrons. The molecule has 1 aliphatic heterocycles. The van der Waals surface area contributed by atoms with Crippen molar-refractivity contribution in [2.24, 2.45) is 11.8 Å². The molecule has 0 aliphatic carbocycles. The van der Waals surface area contributed by atoms with Gasteiger partial charge in [0.05, 0.1) is 5.92 Å². The molecule has 0 radical (unpaired) electrons. The molecule has 2 atom stereocenters. The minimum absolute atomic E-state index is 0.116. The molecule has 1 saturated heterocycles. The molecule has 0 bridgehead atoms. The number of likely N-dealkylation sites (tertiary alicyclic amines) is 1. The van der Waals surface area contributed by atoms with Crippen molar-refractivity contribution in [2.45, 2.75) is 39.2 Å². The van der Waals surface area contributed by atoms with E-state index in [2.05, 4.69) is 25.8 Å². The van der Waals surface area contributed by atoms with Gasteiger partial charge >= 0.3 is 5.97 Å². The Balaban J connectivity index is 2.50. The van der Waals surface area contributed by atoms with Gasteiger partial charge in [0.1, 0.15) is 0 Å². The van der Waals surface area contributed by atoms with E-state index in [-0.39, 0.29) is 5.92 Å². The fraction of sp³-hybridized carbons (Fsp3) is 0.909. The van der Waals surface area contributed by atoms with Crippen molar-refractivity contribution in [1.29, 1.82) is 0 Å². The van der Waals surface area contributed by atoms with Gasteiger partial charge in [-0.15, -0.1) is 0 Å². The molecule has 0 aromatic heterocycles. The molecule has 3 nitrogen and oxygen atoms in total. The van der Waals surface area contributed by atoms with E-state index in [1.165, 1.54) is 0 Å². The number of aliphatic carboxylic acids is 1. The molecule has 1 aliphatic rings. The maximum Gasteiger partial charge on any atom is 0.306 e. The smallest absolute Gasteiger partial charge is 0.306 e. The van der Waals surface area contributed by atoms with E-state index in [9.17, 15) is 4.79 Å². The predicted molar refractivity (Wildman–Crippen MR) is 56.2 cm³/mol. The summed E-state index contributed by atoms with van der Waals surface area (Å²) in [7, 11) is 2.10. The second-order valence-corrected chi connectivity index (χ2v) is 4.82. The first kappa shape index (κ1) is 11.5. The van der Waals surface area contributed by atoms with Crippen LogP contribution in [0.2, 0.25) is 0 Å². The predicted octanol–water partition coefficient (Wildman–Crippen LogP) is 1.83. The molecule has 0 aromatic carbocycles. The highest BCUT2D eigenvalue weighted by Crippen LogP contribution is 2.25. The maximum atomic E-state index is 10.9. The minimum atomic E-state index is -0.619. The van der Waals surface area contributed by atoms with E-state index in [0.29, 0.717) is 12.0 Å². The van der Waals surface area contributed by atoms with E-state index < -0.39 is 5.97 Å². The summed E-state index contributed by atoms with van der Waals surface area (Å²) in [6.45, 7) is 5.31. The van der Waals surface area contributed by atoms with Crippen LogP contribution < -0.4 is 0 Å². The van der Waals surface area contributed by atoms with Crippen LogP contribution in [0.3, 0.4) is 0 Å². The average molecular weight is 199 g/mol. The van der Waals surface area contributed by atoms with E-state index >= 15 is 0 Å². The lowest BCUT2D eigenvalue weighted by Gasteiger charge is -2.36. The van der Waals surface area contributed by atoms with Crippen LogP contribution in [-0.4, -0.2) is 35.6 Å². The highest BCUT2D eigenvalue weighted by Gasteiger charge is 2.30. The quantitative estimate of drug-likeness (QED) is 0.754. The number of nitrogens with zero attached hydrogens (tertiary/aromatic N) is 1. The summed E-state index contributed by atoms with van der Waals surface area (Å²) in [6.07, 6.45) is 2.74. The number of hydrogen-bond donors (Lipinski definition) is 1. The first-order chi connectivity index (χ1) is 6.50. The molecule has 1 rings (SSSR count). The summed E-state index contributed by atoms with van der Waals surface area (Å²) in [6, 6.07) is 0.463. The van der Waals surface area contributed by atoms with E-state index in [1.807, 2.05) is 0 Å². The Labute approximate surface area is 86.1 Å². The fourth-order valence-corrected chi connectivity index (χ4v) is 2.21. The van der Waals surface area contributed by atoms with E-state index in [4.69, 9.17) is 5.11 Å². The van der Waals surface area contributed by atoms with Crippen molar-refractivity contribution in [3.05, 3.63) is 0 Å². The summed E-state index contributed by atoms with van der Waals surface area (Å²) in [5, 5.41) is 8.96. The zero-order valence-corrected chi connectivity index (χ0v) is 9.36. The third-order valence-electron chi connectivity index (χ3n) is 3.10. The second kappa shape index (κ2) is 4.78. The summed E-state index contributed by atoms with van der Waals surface area (Å²) >= 11 is 0. The first-order valence-electron chi connectivity index (χ1n) is 5.43. The first-order valence-corrected chi connectivity index (χ1v) is 5.43. The van der Waals surface area contributed by atoms with E-state index in [1.54, 1.807) is 0 Å². The Hall–Kier alpha value is -0.570. The highest BCUT2D eigenvalue weighted by atomic mass is 16.4. The largest absolute Gasteiger partial charge is 0.481 e. The molecule has 14 heavy (non-hydrogen) atoms. The molecule has 1 fully saturated rings. The zero-order valence-electron chi connectivity index (χ0n) is 9.36. The summed E-state index contributed by atoms with van der Waals surface area (Å²) in [5.41, 5.74) is 0. The average Bonchev–Trinajstić information content (AvgIpc) is 2.07. The van der Waals surface area contributed by atoms with Crippen LogP contribution in [0.5, 0.6) is 0 Å².